The summed E-state index contributed by atoms with van der Waals surface area (Å²) >= 11 is 7.30. The number of allylic oxidation sites excluding steroid dienone is 2. The topological polar surface area (TPSA) is 24.8 Å². The Morgan fingerprint density at radius 3 is 2.42 bits per heavy atom. The molecule has 4 rings (SSSR count). The van der Waals surface area contributed by atoms with Gasteiger partial charge in [-0.3, -0.25) is 4.99 Å². The first-order valence-electron chi connectivity index (χ1n) is 8.45. The SMILES string of the molecule is COc1ccc(C2CC(c3ccccc3)N=C3C(Br)=CC(Br)=CN32)cc1. The standard InChI is InChI=1S/C21H18Br2N2O/c1-26-17-9-7-15(8-10-17)20-12-19(14-5-3-2-4-6-14)24-21-18(23)11-16(22)13-25(20)21/h2-11,13,19-20H,12H2,1H3. The molecule has 2 aliphatic heterocycles. The fourth-order valence-electron chi connectivity index (χ4n) is 3.44. The summed E-state index contributed by atoms with van der Waals surface area (Å²) < 4.78 is 7.33. The van der Waals surface area contributed by atoms with E-state index in [9.17, 15) is 0 Å². The van der Waals surface area contributed by atoms with Gasteiger partial charge in [0.2, 0.25) is 0 Å². The zero-order chi connectivity index (χ0) is 18.1. The van der Waals surface area contributed by atoms with Crippen molar-refractivity contribution in [2.24, 2.45) is 4.99 Å². The molecule has 3 nitrogen and oxygen atoms in total. The minimum atomic E-state index is 0.126. The lowest BCUT2D eigenvalue weighted by atomic mass is 9.91. The first-order valence-corrected chi connectivity index (χ1v) is 10.0. The van der Waals surface area contributed by atoms with E-state index in [1.165, 1.54) is 11.1 Å². The van der Waals surface area contributed by atoms with E-state index in [0.717, 1.165) is 27.0 Å². The minimum Gasteiger partial charge on any atom is -0.497 e. The molecule has 0 bridgehead atoms. The van der Waals surface area contributed by atoms with E-state index >= 15 is 0 Å². The van der Waals surface area contributed by atoms with Gasteiger partial charge in [-0.25, -0.2) is 0 Å². The Balaban J connectivity index is 1.77. The molecule has 0 spiro atoms. The van der Waals surface area contributed by atoms with Crippen LogP contribution in [0.25, 0.3) is 0 Å². The van der Waals surface area contributed by atoms with Crippen LogP contribution in [0.4, 0.5) is 0 Å². The molecule has 0 N–H and O–H groups in total. The van der Waals surface area contributed by atoms with Crippen LogP contribution in [-0.4, -0.2) is 17.8 Å². The first kappa shape index (κ1) is 17.6. The van der Waals surface area contributed by atoms with Crippen molar-refractivity contribution in [2.45, 2.75) is 18.5 Å². The Bertz CT molecular complexity index is 888. The molecule has 5 heteroatoms. The fourth-order valence-corrected chi connectivity index (χ4v) is 4.75. The Hall–Kier alpha value is -1.85. The predicted octanol–water partition coefficient (Wildman–Crippen LogP) is 6.11. The highest BCUT2D eigenvalue weighted by Gasteiger charge is 2.34. The summed E-state index contributed by atoms with van der Waals surface area (Å²) in [5, 5.41) is 0. The Morgan fingerprint density at radius 2 is 1.73 bits per heavy atom. The summed E-state index contributed by atoms with van der Waals surface area (Å²) in [6.45, 7) is 0. The van der Waals surface area contributed by atoms with Crippen LogP contribution in [0.1, 0.15) is 29.6 Å². The largest absolute Gasteiger partial charge is 0.497 e. The lowest BCUT2D eigenvalue weighted by Gasteiger charge is -2.40. The van der Waals surface area contributed by atoms with Gasteiger partial charge < -0.3 is 9.64 Å². The number of hydrogen-bond donors (Lipinski definition) is 0. The molecule has 132 valence electrons. The number of aliphatic imine (C=N–C) groups is 1. The molecule has 0 radical (unpaired) electrons. The molecule has 2 unspecified atom stereocenters. The van der Waals surface area contributed by atoms with Gasteiger partial charge in [0, 0.05) is 10.7 Å². The van der Waals surface area contributed by atoms with Crippen LogP contribution in [0.2, 0.25) is 0 Å². The molecule has 0 amide bonds. The maximum absolute atomic E-state index is 5.31. The van der Waals surface area contributed by atoms with Gasteiger partial charge in [0.05, 0.1) is 23.7 Å². The van der Waals surface area contributed by atoms with Crippen LogP contribution < -0.4 is 4.74 Å². The number of amidine groups is 1. The van der Waals surface area contributed by atoms with Gasteiger partial charge >= 0.3 is 0 Å². The molecule has 2 aliphatic rings. The average Bonchev–Trinajstić information content (AvgIpc) is 2.68. The van der Waals surface area contributed by atoms with E-state index in [1.54, 1.807) is 7.11 Å². The molecule has 0 aliphatic carbocycles. The van der Waals surface area contributed by atoms with Crippen molar-refractivity contribution in [3.8, 4) is 5.75 Å². The van der Waals surface area contributed by atoms with Gasteiger partial charge in [-0.2, -0.15) is 0 Å². The summed E-state index contributed by atoms with van der Waals surface area (Å²) in [5.74, 6) is 1.84. The molecule has 26 heavy (non-hydrogen) atoms. The summed E-state index contributed by atoms with van der Waals surface area (Å²) in [6.07, 6.45) is 5.07. The number of nitrogens with zero attached hydrogens (tertiary/aromatic N) is 2. The van der Waals surface area contributed by atoms with Crippen LogP contribution in [0.3, 0.4) is 0 Å². The number of rotatable bonds is 3. The first-order chi connectivity index (χ1) is 12.7. The Kier molecular flexibility index (Phi) is 5.00. The summed E-state index contributed by atoms with van der Waals surface area (Å²) in [5.41, 5.74) is 2.49. The molecule has 0 saturated carbocycles. The van der Waals surface area contributed by atoms with Crippen molar-refractivity contribution in [3.05, 3.63) is 87.0 Å². The zero-order valence-electron chi connectivity index (χ0n) is 14.3. The smallest absolute Gasteiger partial charge is 0.143 e. The van der Waals surface area contributed by atoms with E-state index in [4.69, 9.17) is 9.73 Å². The summed E-state index contributed by atoms with van der Waals surface area (Å²) in [6, 6.07) is 19.2. The van der Waals surface area contributed by atoms with Gasteiger partial charge in [0.25, 0.3) is 0 Å². The van der Waals surface area contributed by atoms with Crippen molar-refractivity contribution in [1.29, 1.82) is 0 Å². The molecule has 2 aromatic rings. The van der Waals surface area contributed by atoms with Crippen LogP contribution in [0.5, 0.6) is 5.75 Å². The van der Waals surface area contributed by atoms with Crippen molar-refractivity contribution in [1.82, 2.24) is 4.90 Å². The maximum Gasteiger partial charge on any atom is 0.143 e. The third-order valence-electron chi connectivity index (χ3n) is 4.73. The van der Waals surface area contributed by atoms with Gasteiger partial charge in [-0.05, 0) is 67.6 Å². The highest BCUT2D eigenvalue weighted by Crippen LogP contribution is 2.42. The zero-order valence-corrected chi connectivity index (χ0v) is 17.4. The second-order valence-electron chi connectivity index (χ2n) is 6.32. The van der Waals surface area contributed by atoms with Crippen LogP contribution in [-0.2, 0) is 0 Å². The molecule has 2 atom stereocenters. The highest BCUT2D eigenvalue weighted by atomic mass is 79.9. The average molecular weight is 474 g/mol. The summed E-state index contributed by atoms with van der Waals surface area (Å²) in [7, 11) is 1.69. The van der Waals surface area contributed by atoms with Gasteiger partial charge in [0.15, 0.2) is 0 Å². The van der Waals surface area contributed by atoms with E-state index in [0.29, 0.717) is 0 Å². The lowest BCUT2D eigenvalue weighted by Crippen LogP contribution is -2.37. The molecular formula is C21H18Br2N2O. The van der Waals surface area contributed by atoms with Gasteiger partial charge in [-0.1, -0.05) is 42.5 Å². The molecule has 2 aromatic carbocycles. The number of hydrogen-bond acceptors (Lipinski definition) is 3. The molecule has 0 aromatic heterocycles. The molecular weight excluding hydrogens is 456 g/mol. The highest BCUT2D eigenvalue weighted by molar-refractivity contribution is 9.12. The monoisotopic (exact) mass is 472 g/mol. The van der Waals surface area contributed by atoms with Crippen molar-refractivity contribution in [3.63, 3.8) is 0 Å². The number of benzene rings is 2. The number of halogens is 2. The van der Waals surface area contributed by atoms with Crippen molar-refractivity contribution < 1.29 is 4.74 Å². The Morgan fingerprint density at radius 1 is 1.00 bits per heavy atom. The Labute approximate surface area is 170 Å². The molecule has 0 fully saturated rings. The third kappa shape index (κ3) is 3.38. The molecule has 0 saturated heterocycles. The normalized spacial score (nSPS) is 22.1. The summed E-state index contributed by atoms with van der Waals surface area (Å²) in [4.78, 5) is 7.28. The van der Waals surface area contributed by atoms with Crippen molar-refractivity contribution >= 4 is 37.7 Å². The van der Waals surface area contributed by atoms with Gasteiger partial charge in [0.1, 0.15) is 11.6 Å². The van der Waals surface area contributed by atoms with E-state index in [1.807, 2.05) is 24.3 Å². The lowest BCUT2D eigenvalue weighted by molar-refractivity contribution is 0.334. The minimum absolute atomic E-state index is 0.126. The van der Waals surface area contributed by atoms with Crippen LogP contribution >= 0.6 is 31.9 Å². The predicted molar refractivity (Wildman–Crippen MR) is 113 cm³/mol. The molecule has 2 heterocycles. The van der Waals surface area contributed by atoms with E-state index < -0.39 is 0 Å². The second-order valence-corrected chi connectivity index (χ2v) is 8.09. The fraction of sp³-hybridized carbons (Fsp3) is 0.190. The second kappa shape index (κ2) is 7.41. The number of ether oxygens (including phenoxy) is 1. The number of methoxy groups -OCH3 is 1. The maximum atomic E-state index is 5.31. The van der Waals surface area contributed by atoms with E-state index in [-0.39, 0.29) is 12.1 Å². The van der Waals surface area contributed by atoms with E-state index in [2.05, 4.69) is 79.4 Å². The van der Waals surface area contributed by atoms with Crippen molar-refractivity contribution in [2.75, 3.05) is 7.11 Å². The quantitative estimate of drug-likeness (QED) is 0.537. The van der Waals surface area contributed by atoms with Crippen LogP contribution in [0.15, 0.2) is 80.8 Å². The third-order valence-corrected chi connectivity index (χ3v) is 5.75. The number of fused-ring (bicyclic) bond motifs is 1. The van der Waals surface area contributed by atoms with Crippen LogP contribution in [0, 0.1) is 0 Å². The van der Waals surface area contributed by atoms with Gasteiger partial charge in [-0.15, -0.1) is 0 Å².